The molecule has 104 heavy (non-hydrogen) atoms. The lowest BCUT2D eigenvalue weighted by atomic mass is 9.70. The molecule has 4 aromatic heterocycles. The minimum absolute atomic E-state index is 0. The van der Waals surface area contributed by atoms with Crippen LogP contribution in [0.5, 0.6) is 5.88 Å². The Kier molecular flexibility index (Phi) is 32.8. The van der Waals surface area contributed by atoms with Crippen LogP contribution in [-0.2, 0) is 28.6 Å². The van der Waals surface area contributed by atoms with Gasteiger partial charge in [-0.05, 0) is 179 Å². The molecule has 9 atom stereocenters. The number of aliphatic hydroxyl groups is 1. The van der Waals surface area contributed by atoms with E-state index < -0.39 is 17.7 Å². The number of aliphatic carboxylic acids is 1. The van der Waals surface area contributed by atoms with Crippen LogP contribution in [0.3, 0.4) is 0 Å². The van der Waals surface area contributed by atoms with E-state index >= 15 is 0 Å². The van der Waals surface area contributed by atoms with Gasteiger partial charge in [-0.2, -0.15) is 9.67 Å². The number of hydrogen-bond acceptors (Lipinski definition) is 20. The maximum atomic E-state index is 12.9. The second-order valence-corrected chi connectivity index (χ2v) is 32.8. The van der Waals surface area contributed by atoms with Gasteiger partial charge in [0.15, 0.2) is 0 Å². The van der Waals surface area contributed by atoms with Crippen LogP contribution in [-0.4, -0.2) is 192 Å². The molecule has 24 nitrogen and oxygen atoms in total. The van der Waals surface area contributed by atoms with Crippen LogP contribution in [0.4, 0.5) is 28.5 Å². The molecule has 4 N–H and O–H groups in total. The molecule has 2 amide bonds. The predicted octanol–water partition coefficient (Wildman–Crippen LogP) is 15.4. The van der Waals surface area contributed by atoms with Crippen LogP contribution in [0.1, 0.15) is 209 Å². The third-order valence-electron chi connectivity index (χ3n) is 21.2. The van der Waals surface area contributed by atoms with Gasteiger partial charge in [-0.3, -0.25) is 14.4 Å². The van der Waals surface area contributed by atoms with Crippen LogP contribution < -0.4 is 25.2 Å². The molecule has 0 spiro atoms. The van der Waals surface area contributed by atoms with E-state index in [9.17, 15) is 19.2 Å². The van der Waals surface area contributed by atoms with Crippen LogP contribution in [0.25, 0.3) is 0 Å². The van der Waals surface area contributed by atoms with Crippen molar-refractivity contribution in [3.63, 3.8) is 0 Å². The van der Waals surface area contributed by atoms with Gasteiger partial charge >= 0.3 is 12.1 Å². The number of aromatic nitrogens is 8. The Bertz CT molecular complexity index is 3330. The Labute approximate surface area is 642 Å². The maximum Gasteiger partial charge on any atom is 0.435 e. The number of amides is 2. The van der Waals surface area contributed by atoms with Crippen molar-refractivity contribution in [3.05, 3.63) is 55.7 Å². The number of nitrogens with zero attached hydrogens (tertiary/aromatic N) is 13. The highest BCUT2D eigenvalue weighted by atomic mass is 35.5. The van der Waals surface area contributed by atoms with Crippen LogP contribution in [0.2, 0.25) is 25.8 Å². The van der Waals surface area contributed by atoms with E-state index in [0.29, 0.717) is 164 Å². The van der Waals surface area contributed by atoms with Gasteiger partial charge in [-0.1, -0.05) is 99.5 Å². The first-order chi connectivity index (χ1) is 48.2. The number of rotatable bonds is 16. The van der Waals surface area contributed by atoms with Crippen molar-refractivity contribution < 1.29 is 48.3 Å². The molecule has 29 heteroatoms. The summed E-state index contributed by atoms with van der Waals surface area (Å²) in [6, 6.07) is 8.93. The van der Waals surface area contributed by atoms with Gasteiger partial charge in [0.05, 0.1) is 39.6 Å². The fraction of sp³-hybridized carbons (Fsp3) is 0.747. The molecule has 3 unspecified atom stereocenters. The Morgan fingerprint density at radius 2 is 0.904 bits per heavy atom. The average molecular weight is 1550 g/mol. The number of hydrogen-bond donors (Lipinski definition) is 3. The summed E-state index contributed by atoms with van der Waals surface area (Å²) in [7, 11) is 6.11. The quantitative estimate of drug-likeness (QED) is 0.0879. The van der Waals surface area contributed by atoms with Crippen LogP contribution in [0.15, 0.2) is 24.3 Å². The number of fused-ring (bicyclic) bond motifs is 6. The van der Waals surface area contributed by atoms with Gasteiger partial charge < -0.3 is 59.4 Å². The molecule has 11 fully saturated rings. The zero-order chi connectivity index (χ0) is 72.2. The van der Waals surface area contributed by atoms with Crippen molar-refractivity contribution in [2.24, 2.45) is 41.4 Å². The minimum Gasteiger partial charge on any atom is -0.481 e. The van der Waals surface area contributed by atoms with E-state index in [-0.39, 0.29) is 22.3 Å². The SMILES string of the molecule is C.C.C.CN(c1nc(Cl)cc(Cl)n1)C1C[C@H]2CCC[C@@H](C1)C2.CN(c1nc(Cl)cc(Cl)n1)C1C[C@H]2CCC[C@@H](C1)N2C(=O)CC1CC1.CN(c1nc(Cl)cc(OCC2COC2)n1)C1C[C@H]2CCC[C@@H](C1)N2C(=O)CC1CC1.Cc1cc(N)nn1C(=O)OC(C)(C)C.O=C(O)CC1CC1.OCC1COC1. The molecule has 15 rings (SSSR count). The lowest BCUT2D eigenvalue weighted by molar-refractivity contribution is -0.142. The van der Waals surface area contributed by atoms with E-state index in [1.165, 1.54) is 77.0 Å². The summed E-state index contributed by atoms with van der Waals surface area (Å²) in [5.41, 5.74) is 5.58. The Morgan fingerprint density at radius 3 is 1.23 bits per heavy atom. The first-order valence-corrected chi connectivity index (χ1v) is 38.5. The molecule has 6 bridgehead atoms. The number of carboxylic acid groups (broad SMARTS) is 1. The molecule has 11 aliphatic rings. The van der Waals surface area contributed by atoms with Crippen molar-refractivity contribution in [2.75, 3.05) is 81.2 Å². The summed E-state index contributed by atoms with van der Waals surface area (Å²) in [6.07, 6.45) is 27.4. The van der Waals surface area contributed by atoms with Crippen molar-refractivity contribution in [2.45, 2.75) is 258 Å². The monoisotopic (exact) mass is 1550 g/mol. The summed E-state index contributed by atoms with van der Waals surface area (Å²) in [4.78, 5) is 84.2. The fourth-order valence-electron chi connectivity index (χ4n) is 15.2. The van der Waals surface area contributed by atoms with Crippen molar-refractivity contribution in [3.8, 4) is 5.88 Å². The van der Waals surface area contributed by atoms with E-state index in [1.807, 2.05) is 14.1 Å². The molecule has 0 radical (unpaired) electrons. The fourth-order valence-corrected chi connectivity index (χ4v) is 16.2. The first kappa shape index (κ1) is 85.9. The van der Waals surface area contributed by atoms with Crippen molar-refractivity contribution in [1.82, 2.24) is 49.5 Å². The van der Waals surface area contributed by atoms with E-state index in [0.717, 1.165) is 120 Å². The number of aryl methyl sites for hydroxylation is 1. The number of halogens is 5. The molecule has 5 saturated carbocycles. The van der Waals surface area contributed by atoms with Gasteiger partial charge in [0.2, 0.25) is 35.5 Å². The molecule has 5 aliphatic carbocycles. The highest BCUT2D eigenvalue weighted by Crippen LogP contribution is 2.44. The van der Waals surface area contributed by atoms with E-state index in [1.54, 1.807) is 52.0 Å². The topological polar surface area (TPSA) is 283 Å². The first-order valence-electron chi connectivity index (χ1n) is 36.6. The van der Waals surface area contributed by atoms with Crippen LogP contribution >= 0.6 is 58.0 Å². The molecule has 10 heterocycles. The summed E-state index contributed by atoms with van der Waals surface area (Å²) in [5.74, 6) is 7.21. The average Bonchev–Trinajstić information content (AvgIpc) is 0.899. The number of carbonyl (C=O) groups is 4. The second-order valence-electron chi connectivity index (χ2n) is 30.9. The number of ether oxygens (including phenoxy) is 4. The number of aliphatic hydroxyl groups excluding tert-OH is 1. The molecule has 4 aromatic rings. The molecular formula is C75H117Cl5N14O10. The Morgan fingerprint density at radius 1 is 0.529 bits per heavy atom. The lowest BCUT2D eigenvalue weighted by Crippen LogP contribution is -2.58. The third kappa shape index (κ3) is 25.7. The number of piperidine rings is 4. The zero-order valence-electron chi connectivity index (χ0n) is 59.8. The van der Waals surface area contributed by atoms with E-state index in [4.69, 9.17) is 92.9 Å². The highest BCUT2D eigenvalue weighted by molar-refractivity contribution is 6.33. The summed E-state index contributed by atoms with van der Waals surface area (Å²) in [5, 5.41) is 22.2. The van der Waals surface area contributed by atoms with Gasteiger partial charge in [0, 0.05) is 124 Å². The largest absolute Gasteiger partial charge is 0.481 e. The number of carboxylic acids is 1. The van der Waals surface area contributed by atoms with E-state index in [2.05, 4.69) is 66.5 Å². The Hall–Kier alpha value is -5.34. The normalized spacial score (nSPS) is 24.9. The number of nitrogen functional groups attached to an aromatic ring is 1. The van der Waals surface area contributed by atoms with Gasteiger partial charge in [0.1, 0.15) is 37.2 Å². The van der Waals surface area contributed by atoms with Gasteiger partial charge in [0.25, 0.3) is 0 Å². The third-order valence-corrected chi connectivity index (χ3v) is 22.2. The predicted molar refractivity (Wildman–Crippen MR) is 411 cm³/mol. The smallest absolute Gasteiger partial charge is 0.435 e. The number of anilines is 4. The van der Waals surface area contributed by atoms with Gasteiger partial charge in [-0.25, -0.2) is 29.7 Å². The number of carbonyl (C=O) groups excluding carboxylic acids is 3. The summed E-state index contributed by atoms with van der Waals surface area (Å²) in [6.45, 7) is 11.0. The van der Waals surface area contributed by atoms with Crippen LogP contribution in [0, 0.1) is 48.3 Å². The van der Waals surface area contributed by atoms with Crippen molar-refractivity contribution >= 4 is 106 Å². The molecular weight excluding hydrogens is 1430 g/mol. The standard InChI is InChI=1S/C22H31ClN4O3.C18H24Cl2N4O.C14H19Cl2N3.C9H15N3O2.C5H8O2.C4H8O2.3CH4/c1-26(22-24-19(23)10-20(25-22)30-13-15-11-29-12-15)18-8-16-3-2-4-17(9-18)27(16)21(28)7-14-5-6-14;1-23(18-21-15(19)10-16(20)22-18)14-8-12-3-2-4-13(9-14)24(12)17(25)7-11-5-6-11;1-19(14-17-12(15)8-13(16)18-14)11-6-9-3-2-4-10(5-9)7-11;1-6-5-7(10)11-12(6)8(13)14-9(2,3)4;6-5(7)3-4-1-2-4;5-1-4-2-6-3-4;;;/h10,14-18H,2-9,11-13H2,1H3;10-14H,2-9H2,1H3;8-11H,2-7H2,1H3;5H,1-4H3,(H2,10,11);4H,1-3H2,(H,6,7);4-5H,1-3H2;3*1H4/t16-,17+,18?;12-,13+,14?;9-,10+,11?;;;;;;. The second kappa shape index (κ2) is 39.7. The van der Waals surface area contributed by atoms with Gasteiger partial charge in [-0.15, -0.1) is 5.10 Å². The zero-order valence-corrected chi connectivity index (χ0v) is 63.5. The summed E-state index contributed by atoms with van der Waals surface area (Å²) >= 11 is 30.3. The molecule has 582 valence electrons. The summed E-state index contributed by atoms with van der Waals surface area (Å²) < 4.78 is 22.1. The highest BCUT2D eigenvalue weighted by Gasteiger charge is 2.46. The minimum atomic E-state index is -0.650. The molecule has 6 saturated heterocycles. The lowest BCUT2D eigenvalue weighted by Gasteiger charge is -2.50. The Balaban J connectivity index is 0.000000186. The number of nitrogens with two attached hydrogens (primary N) is 1. The molecule has 6 aliphatic heterocycles. The van der Waals surface area contributed by atoms with Crippen molar-refractivity contribution in [1.29, 1.82) is 0 Å². The molecule has 0 aromatic carbocycles. The maximum absolute atomic E-state index is 12.9.